The molecule has 1 aromatic carbocycles. The van der Waals surface area contributed by atoms with Crippen LogP contribution in [0.1, 0.15) is 12.6 Å². The quantitative estimate of drug-likeness (QED) is 0.862. The molecule has 5 nitrogen and oxygen atoms in total. The lowest BCUT2D eigenvalue weighted by Crippen LogP contribution is -2.40. The third-order valence-electron chi connectivity index (χ3n) is 2.86. The van der Waals surface area contributed by atoms with Gasteiger partial charge in [-0.3, -0.25) is 4.98 Å². The molecule has 0 fully saturated rings. The van der Waals surface area contributed by atoms with Crippen LogP contribution in [0, 0.1) is 5.82 Å². The van der Waals surface area contributed by atoms with Crippen molar-refractivity contribution in [2.24, 2.45) is 0 Å². The standard InChI is InChI=1S/C16H18FN3O2/c1-12(22-15-7-5-13(17)6-8-15)10-19-16(21)20-11-14-4-2-3-9-18-14/h2-9,12H,10-11H2,1H3,(H2,19,20,21). The first-order valence-electron chi connectivity index (χ1n) is 6.97. The Morgan fingerprint density at radius 2 is 2.00 bits per heavy atom. The summed E-state index contributed by atoms with van der Waals surface area (Å²) >= 11 is 0. The van der Waals surface area contributed by atoms with Gasteiger partial charge in [-0.05, 0) is 43.3 Å². The zero-order valence-electron chi connectivity index (χ0n) is 12.3. The van der Waals surface area contributed by atoms with Crippen LogP contribution >= 0.6 is 0 Å². The number of pyridine rings is 1. The van der Waals surface area contributed by atoms with E-state index in [2.05, 4.69) is 15.6 Å². The Kier molecular flexibility index (Phi) is 5.71. The predicted octanol–water partition coefficient (Wildman–Crippen LogP) is 2.49. The third-order valence-corrected chi connectivity index (χ3v) is 2.86. The van der Waals surface area contributed by atoms with Crippen molar-refractivity contribution < 1.29 is 13.9 Å². The van der Waals surface area contributed by atoms with Crippen LogP contribution in [0.5, 0.6) is 5.75 Å². The van der Waals surface area contributed by atoms with Crippen molar-refractivity contribution in [2.75, 3.05) is 6.54 Å². The molecule has 0 radical (unpaired) electrons. The van der Waals surface area contributed by atoms with E-state index >= 15 is 0 Å². The highest BCUT2D eigenvalue weighted by Crippen LogP contribution is 2.12. The number of hydrogen-bond acceptors (Lipinski definition) is 3. The summed E-state index contributed by atoms with van der Waals surface area (Å²) in [5.41, 5.74) is 0.785. The molecule has 2 aromatic rings. The molecule has 0 bridgehead atoms. The maximum Gasteiger partial charge on any atom is 0.315 e. The highest BCUT2D eigenvalue weighted by molar-refractivity contribution is 5.73. The first-order valence-corrected chi connectivity index (χ1v) is 6.97. The van der Waals surface area contributed by atoms with E-state index in [1.54, 1.807) is 18.3 Å². The van der Waals surface area contributed by atoms with Gasteiger partial charge in [0.15, 0.2) is 0 Å². The van der Waals surface area contributed by atoms with E-state index in [4.69, 9.17) is 4.74 Å². The molecule has 22 heavy (non-hydrogen) atoms. The minimum absolute atomic E-state index is 0.230. The number of nitrogens with one attached hydrogen (secondary N) is 2. The number of rotatable bonds is 6. The Hall–Kier alpha value is -2.63. The van der Waals surface area contributed by atoms with E-state index in [1.165, 1.54) is 12.1 Å². The fraction of sp³-hybridized carbons (Fsp3) is 0.250. The SMILES string of the molecule is CC(CNC(=O)NCc1ccccn1)Oc1ccc(F)cc1. The molecule has 6 heteroatoms. The molecule has 1 unspecified atom stereocenters. The van der Waals surface area contributed by atoms with Crippen LogP contribution in [0.2, 0.25) is 0 Å². The Morgan fingerprint density at radius 3 is 2.68 bits per heavy atom. The van der Waals surface area contributed by atoms with Gasteiger partial charge < -0.3 is 15.4 Å². The molecule has 2 rings (SSSR count). The van der Waals surface area contributed by atoms with Gasteiger partial charge in [0.1, 0.15) is 17.7 Å². The molecule has 2 amide bonds. The molecular formula is C16H18FN3O2. The number of benzene rings is 1. The molecule has 0 spiro atoms. The average Bonchev–Trinajstić information content (AvgIpc) is 2.54. The number of urea groups is 1. The van der Waals surface area contributed by atoms with E-state index in [9.17, 15) is 9.18 Å². The predicted molar refractivity (Wildman–Crippen MR) is 81.0 cm³/mol. The van der Waals surface area contributed by atoms with Crippen molar-refractivity contribution in [3.05, 3.63) is 60.2 Å². The number of carbonyl (C=O) groups is 1. The fourth-order valence-electron chi connectivity index (χ4n) is 1.76. The van der Waals surface area contributed by atoms with Gasteiger partial charge in [0.25, 0.3) is 0 Å². The van der Waals surface area contributed by atoms with Crippen molar-refractivity contribution in [2.45, 2.75) is 19.6 Å². The number of aromatic nitrogens is 1. The second-order valence-corrected chi connectivity index (χ2v) is 4.77. The van der Waals surface area contributed by atoms with Gasteiger partial charge in [0, 0.05) is 6.20 Å². The highest BCUT2D eigenvalue weighted by Gasteiger charge is 2.07. The van der Waals surface area contributed by atoms with Crippen LogP contribution in [0.3, 0.4) is 0 Å². The van der Waals surface area contributed by atoms with Crippen molar-refractivity contribution in [3.8, 4) is 5.75 Å². The molecule has 0 aliphatic rings. The van der Waals surface area contributed by atoms with Gasteiger partial charge >= 0.3 is 6.03 Å². The van der Waals surface area contributed by atoms with E-state index in [-0.39, 0.29) is 18.0 Å². The first kappa shape index (κ1) is 15.8. The van der Waals surface area contributed by atoms with E-state index in [0.717, 1.165) is 5.69 Å². The summed E-state index contributed by atoms with van der Waals surface area (Å²) in [4.78, 5) is 15.8. The van der Waals surface area contributed by atoms with Gasteiger partial charge in [-0.15, -0.1) is 0 Å². The number of carbonyl (C=O) groups excluding carboxylic acids is 1. The lowest BCUT2D eigenvalue weighted by Gasteiger charge is -2.15. The zero-order chi connectivity index (χ0) is 15.8. The summed E-state index contributed by atoms with van der Waals surface area (Å²) in [6, 6.07) is 11.0. The van der Waals surface area contributed by atoms with Crippen molar-refractivity contribution in [1.29, 1.82) is 0 Å². The number of ether oxygens (including phenoxy) is 1. The third kappa shape index (κ3) is 5.40. The molecule has 1 heterocycles. The lowest BCUT2D eigenvalue weighted by molar-refractivity contribution is 0.207. The van der Waals surface area contributed by atoms with E-state index in [0.29, 0.717) is 18.8 Å². The highest BCUT2D eigenvalue weighted by atomic mass is 19.1. The molecule has 0 saturated carbocycles. The Labute approximate surface area is 128 Å². The lowest BCUT2D eigenvalue weighted by atomic mass is 10.3. The summed E-state index contributed by atoms with van der Waals surface area (Å²) in [5.74, 6) is 0.247. The van der Waals surface area contributed by atoms with Gasteiger partial charge in [0.2, 0.25) is 0 Å². The van der Waals surface area contributed by atoms with Crippen LogP contribution < -0.4 is 15.4 Å². The fourth-order valence-corrected chi connectivity index (χ4v) is 1.76. The summed E-state index contributed by atoms with van der Waals surface area (Å²) in [6.07, 6.45) is 1.44. The Morgan fingerprint density at radius 1 is 1.23 bits per heavy atom. The van der Waals surface area contributed by atoms with Gasteiger partial charge in [0.05, 0.1) is 18.8 Å². The summed E-state index contributed by atoms with van der Waals surface area (Å²) < 4.78 is 18.3. The molecule has 2 N–H and O–H groups in total. The van der Waals surface area contributed by atoms with Gasteiger partial charge in [-0.1, -0.05) is 6.07 Å². The Balaban J connectivity index is 1.68. The molecule has 116 valence electrons. The molecule has 1 aromatic heterocycles. The smallest absolute Gasteiger partial charge is 0.315 e. The van der Waals surface area contributed by atoms with Crippen LogP contribution in [0.4, 0.5) is 9.18 Å². The minimum atomic E-state index is -0.313. The van der Waals surface area contributed by atoms with Crippen LogP contribution in [-0.4, -0.2) is 23.7 Å². The Bertz CT molecular complexity index is 590. The maximum atomic E-state index is 12.8. The van der Waals surface area contributed by atoms with Crippen LogP contribution in [0.15, 0.2) is 48.7 Å². The maximum absolute atomic E-state index is 12.8. The zero-order valence-corrected chi connectivity index (χ0v) is 12.3. The second-order valence-electron chi connectivity index (χ2n) is 4.77. The number of nitrogens with zero attached hydrogens (tertiary/aromatic N) is 1. The normalized spacial score (nSPS) is 11.5. The number of amides is 2. The molecule has 0 saturated heterocycles. The number of halogens is 1. The van der Waals surface area contributed by atoms with E-state index < -0.39 is 0 Å². The minimum Gasteiger partial charge on any atom is -0.489 e. The first-order chi connectivity index (χ1) is 10.6. The summed E-state index contributed by atoms with van der Waals surface area (Å²) in [6.45, 7) is 2.52. The molecule has 0 aliphatic carbocycles. The van der Waals surface area contributed by atoms with Crippen LogP contribution in [-0.2, 0) is 6.54 Å². The van der Waals surface area contributed by atoms with Crippen LogP contribution in [0.25, 0.3) is 0 Å². The number of hydrogen-bond donors (Lipinski definition) is 2. The summed E-state index contributed by atoms with van der Waals surface area (Å²) in [5, 5.41) is 5.42. The summed E-state index contributed by atoms with van der Waals surface area (Å²) in [7, 11) is 0. The van der Waals surface area contributed by atoms with Gasteiger partial charge in [-0.25, -0.2) is 9.18 Å². The van der Waals surface area contributed by atoms with Crippen molar-refractivity contribution in [1.82, 2.24) is 15.6 Å². The van der Waals surface area contributed by atoms with Crippen molar-refractivity contribution >= 4 is 6.03 Å². The molecule has 0 aliphatic heterocycles. The van der Waals surface area contributed by atoms with E-state index in [1.807, 2.05) is 25.1 Å². The molecule has 1 atom stereocenters. The topological polar surface area (TPSA) is 63.2 Å². The second kappa shape index (κ2) is 7.97. The largest absolute Gasteiger partial charge is 0.489 e. The molecular weight excluding hydrogens is 285 g/mol. The average molecular weight is 303 g/mol. The monoisotopic (exact) mass is 303 g/mol. The van der Waals surface area contributed by atoms with Gasteiger partial charge in [-0.2, -0.15) is 0 Å². The van der Waals surface area contributed by atoms with Crippen molar-refractivity contribution in [3.63, 3.8) is 0 Å².